The molecule has 0 aliphatic rings. The van der Waals surface area contributed by atoms with Crippen molar-refractivity contribution in [1.29, 1.82) is 0 Å². The van der Waals surface area contributed by atoms with Gasteiger partial charge >= 0.3 is 11.9 Å². The Morgan fingerprint density at radius 2 is 1.47 bits per heavy atom. The maximum atomic E-state index is 11.8. The van der Waals surface area contributed by atoms with E-state index >= 15 is 0 Å². The van der Waals surface area contributed by atoms with Gasteiger partial charge in [0.2, 0.25) is 5.43 Å². The Labute approximate surface area is 97.6 Å². The number of aromatic amines is 1. The van der Waals surface area contributed by atoms with Crippen molar-refractivity contribution >= 4 is 11.9 Å². The van der Waals surface area contributed by atoms with Crippen LogP contribution in [0.5, 0.6) is 0 Å². The molecule has 0 radical (unpaired) electrons. The molecule has 1 N–H and O–H groups in total. The number of pyridine rings is 1. The number of carbonyl (C=O) groups is 2. The van der Waals surface area contributed by atoms with E-state index in [9.17, 15) is 14.4 Å². The van der Waals surface area contributed by atoms with Crippen LogP contribution in [0.15, 0.2) is 17.2 Å². The minimum atomic E-state index is -0.764. The highest BCUT2D eigenvalue weighted by Gasteiger charge is 2.18. The van der Waals surface area contributed by atoms with Gasteiger partial charge < -0.3 is 14.5 Å². The van der Waals surface area contributed by atoms with Crippen molar-refractivity contribution in [3.63, 3.8) is 0 Å². The molecular weight excluding hydrogens is 226 g/mol. The summed E-state index contributed by atoms with van der Waals surface area (Å²) in [5.41, 5.74) is -1.12. The van der Waals surface area contributed by atoms with Crippen LogP contribution >= 0.6 is 0 Å². The van der Waals surface area contributed by atoms with Gasteiger partial charge in [-0.15, -0.1) is 0 Å². The molecule has 1 heterocycles. The molecule has 0 aliphatic heterocycles. The van der Waals surface area contributed by atoms with Gasteiger partial charge in [-0.1, -0.05) is 0 Å². The molecule has 0 aromatic carbocycles. The predicted molar refractivity (Wildman–Crippen MR) is 59.0 cm³/mol. The summed E-state index contributed by atoms with van der Waals surface area (Å²) in [6.07, 6.45) is 2.39. The molecule has 0 aliphatic carbocycles. The van der Waals surface area contributed by atoms with Gasteiger partial charge in [0.15, 0.2) is 0 Å². The van der Waals surface area contributed by atoms with Crippen LogP contribution in [0, 0.1) is 0 Å². The van der Waals surface area contributed by atoms with Crippen LogP contribution < -0.4 is 5.43 Å². The minimum absolute atomic E-state index is 0.155. The quantitative estimate of drug-likeness (QED) is 0.783. The standard InChI is InChI=1S/C11H13NO5/c1-3-16-10(14)7-5-12-6-8(9(7)13)11(15)17-4-2/h5-6H,3-4H2,1-2H3,(H,12,13). The Bertz CT molecular complexity index is 438. The smallest absolute Gasteiger partial charge is 0.343 e. The molecule has 0 fully saturated rings. The molecule has 17 heavy (non-hydrogen) atoms. The van der Waals surface area contributed by atoms with Gasteiger partial charge in [0.25, 0.3) is 0 Å². The summed E-state index contributed by atoms with van der Waals surface area (Å²) in [6.45, 7) is 3.56. The first-order valence-electron chi connectivity index (χ1n) is 5.17. The Morgan fingerprint density at radius 1 is 1.06 bits per heavy atom. The maximum absolute atomic E-state index is 11.8. The minimum Gasteiger partial charge on any atom is -0.462 e. The van der Waals surface area contributed by atoms with Gasteiger partial charge in [-0.3, -0.25) is 4.79 Å². The second kappa shape index (κ2) is 5.83. The second-order valence-corrected chi connectivity index (χ2v) is 3.05. The van der Waals surface area contributed by atoms with E-state index in [1.807, 2.05) is 0 Å². The van der Waals surface area contributed by atoms with Gasteiger partial charge in [0.1, 0.15) is 11.1 Å². The molecule has 1 aromatic heterocycles. The molecule has 0 atom stereocenters. The van der Waals surface area contributed by atoms with Crippen LogP contribution in [0.4, 0.5) is 0 Å². The lowest BCUT2D eigenvalue weighted by atomic mass is 10.2. The topological polar surface area (TPSA) is 85.5 Å². The zero-order chi connectivity index (χ0) is 12.8. The molecule has 92 valence electrons. The van der Waals surface area contributed by atoms with Crippen molar-refractivity contribution in [2.45, 2.75) is 13.8 Å². The molecule has 0 unspecified atom stereocenters. The van der Waals surface area contributed by atoms with Gasteiger partial charge in [0.05, 0.1) is 13.2 Å². The average molecular weight is 239 g/mol. The van der Waals surface area contributed by atoms with Crippen molar-refractivity contribution < 1.29 is 19.1 Å². The highest BCUT2D eigenvalue weighted by Crippen LogP contribution is 1.99. The van der Waals surface area contributed by atoms with Gasteiger partial charge in [-0.2, -0.15) is 0 Å². The van der Waals surface area contributed by atoms with Gasteiger partial charge in [-0.25, -0.2) is 9.59 Å². The number of hydrogen-bond acceptors (Lipinski definition) is 5. The number of hydrogen-bond donors (Lipinski definition) is 1. The zero-order valence-corrected chi connectivity index (χ0v) is 9.61. The fourth-order valence-electron chi connectivity index (χ4n) is 1.21. The Morgan fingerprint density at radius 3 is 1.82 bits per heavy atom. The SMILES string of the molecule is CCOC(=O)c1c[nH]cc(C(=O)OCC)c1=O. The van der Waals surface area contributed by atoms with E-state index in [0.717, 1.165) is 0 Å². The van der Waals surface area contributed by atoms with Crippen molar-refractivity contribution in [3.05, 3.63) is 33.7 Å². The van der Waals surface area contributed by atoms with E-state index in [2.05, 4.69) is 4.98 Å². The van der Waals surface area contributed by atoms with E-state index in [-0.39, 0.29) is 24.3 Å². The van der Waals surface area contributed by atoms with E-state index < -0.39 is 17.4 Å². The third kappa shape index (κ3) is 2.93. The predicted octanol–water partition coefficient (Wildman–Crippen LogP) is 0.728. The highest BCUT2D eigenvalue weighted by atomic mass is 16.5. The molecule has 0 amide bonds. The van der Waals surface area contributed by atoms with E-state index in [1.54, 1.807) is 13.8 Å². The summed E-state index contributed by atoms with van der Waals surface area (Å²) in [7, 11) is 0. The Kier molecular flexibility index (Phi) is 4.45. The third-order valence-corrected chi connectivity index (χ3v) is 1.94. The lowest BCUT2D eigenvalue weighted by molar-refractivity contribution is 0.0521. The molecule has 6 nitrogen and oxygen atoms in total. The number of H-pyrrole nitrogens is 1. The second-order valence-electron chi connectivity index (χ2n) is 3.05. The number of esters is 2. The molecule has 0 spiro atoms. The Balaban J connectivity index is 3.12. The number of carbonyl (C=O) groups excluding carboxylic acids is 2. The summed E-state index contributed by atoms with van der Waals surface area (Å²) in [5, 5.41) is 0. The maximum Gasteiger partial charge on any atom is 0.343 e. The van der Waals surface area contributed by atoms with E-state index in [4.69, 9.17) is 9.47 Å². The van der Waals surface area contributed by atoms with Crippen LogP contribution in [0.1, 0.15) is 34.6 Å². The molecular formula is C11H13NO5. The summed E-state index contributed by atoms with van der Waals surface area (Å²) in [4.78, 5) is 37.1. The fourth-order valence-corrected chi connectivity index (χ4v) is 1.21. The van der Waals surface area contributed by atoms with Crippen LogP contribution in [-0.4, -0.2) is 30.1 Å². The summed E-state index contributed by atoms with van der Waals surface area (Å²) in [6, 6.07) is 0. The first-order valence-corrected chi connectivity index (χ1v) is 5.17. The van der Waals surface area contributed by atoms with Crippen LogP contribution in [0.2, 0.25) is 0 Å². The molecule has 1 rings (SSSR count). The van der Waals surface area contributed by atoms with Crippen LogP contribution in [-0.2, 0) is 9.47 Å². The fraction of sp³-hybridized carbons (Fsp3) is 0.364. The third-order valence-electron chi connectivity index (χ3n) is 1.94. The van der Waals surface area contributed by atoms with Gasteiger partial charge in [0, 0.05) is 12.4 Å². The van der Waals surface area contributed by atoms with Crippen molar-refractivity contribution in [3.8, 4) is 0 Å². The van der Waals surface area contributed by atoms with Crippen molar-refractivity contribution in [2.75, 3.05) is 13.2 Å². The van der Waals surface area contributed by atoms with E-state index in [0.29, 0.717) is 0 Å². The number of aromatic nitrogens is 1. The normalized spacial score (nSPS) is 9.76. The van der Waals surface area contributed by atoms with E-state index in [1.165, 1.54) is 12.4 Å². The molecule has 0 saturated carbocycles. The average Bonchev–Trinajstić information content (AvgIpc) is 2.29. The first kappa shape index (κ1) is 13.0. The number of ether oxygens (including phenoxy) is 2. The Hall–Kier alpha value is -2.11. The van der Waals surface area contributed by atoms with Crippen LogP contribution in [0.25, 0.3) is 0 Å². The van der Waals surface area contributed by atoms with Crippen molar-refractivity contribution in [2.24, 2.45) is 0 Å². The number of nitrogens with one attached hydrogen (secondary N) is 1. The van der Waals surface area contributed by atoms with Crippen LogP contribution in [0.3, 0.4) is 0 Å². The lowest BCUT2D eigenvalue weighted by Gasteiger charge is -2.03. The molecule has 6 heteroatoms. The monoisotopic (exact) mass is 239 g/mol. The largest absolute Gasteiger partial charge is 0.462 e. The lowest BCUT2D eigenvalue weighted by Crippen LogP contribution is -2.24. The molecule has 0 saturated heterocycles. The first-order chi connectivity index (χ1) is 8.11. The molecule has 0 bridgehead atoms. The van der Waals surface area contributed by atoms with Crippen molar-refractivity contribution in [1.82, 2.24) is 4.98 Å². The summed E-state index contributed by atoms with van der Waals surface area (Å²) in [5.74, 6) is -1.53. The zero-order valence-electron chi connectivity index (χ0n) is 9.61. The van der Waals surface area contributed by atoms with Gasteiger partial charge in [-0.05, 0) is 13.8 Å². The summed E-state index contributed by atoms with van der Waals surface area (Å²) < 4.78 is 9.38. The number of rotatable bonds is 4. The highest BCUT2D eigenvalue weighted by molar-refractivity contribution is 5.94. The molecule has 1 aromatic rings. The summed E-state index contributed by atoms with van der Waals surface area (Å²) >= 11 is 0.